The maximum atomic E-state index is 12.8. The Morgan fingerprint density at radius 1 is 0.966 bits per heavy atom. The van der Waals surface area contributed by atoms with Gasteiger partial charge in [0.05, 0.1) is 21.3 Å². The van der Waals surface area contributed by atoms with Gasteiger partial charge in [-0.25, -0.2) is 0 Å². The Labute approximate surface area is 171 Å². The standard InChI is InChI=1S/C22H27NO6/c1-5-23(13-16-6-8-17-18(12-16)29-14-28-17)21(24)9-7-15-10-19(25-2)22(27-4)20(11-15)26-3/h6,8,10-12H,5,7,9,13-14H2,1-4H3. The minimum absolute atomic E-state index is 0.0823. The van der Waals surface area contributed by atoms with Crippen molar-refractivity contribution in [3.05, 3.63) is 41.5 Å². The average Bonchev–Trinajstić information content (AvgIpc) is 3.22. The predicted octanol–water partition coefficient (Wildman–Crippen LogP) is 3.42. The number of hydrogen-bond donors (Lipinski definition) is 0. The van der Waals surface area contributed by atoms with E-state index in [9.17, 15) is 4.79 Å². The van der Waals surface area contributed by atoms with E-state index in [1.165, 1.54) is 0 Å². The molecular weight excluding hydrogens is 374 g/mol. The number of methoxy groups -OCH3 is 3. The van der Waals surface area contributed by atoms with Gasteiger partial charge in [0.1, 0.15) is 0 Å². The Morgan fingerprint density at radius 2 is 1.66 bits per heavy atom. The predicted molar refractivity (Wildman–Crippen MR) is 108 cm³/mol. The lowest BCUT2D eigenvalue weighted by atomic mass is 10.1. The van der Waals surface area contributed by atoms with E-state index in [2.05, 4.69) is 0 Å². The van der Waals surface area contributed by atoms with Gasteiger partial charge in [-0.1, -0.05) is 6.07 Å². The van der Waals surface area contributed by atoms with Crippen molar-refractivity contribution in [2.75, 3.05) is 34.7 Å². The molecule has 0 bridgehead atoms. The molecule has 0 atom stereocenters. The van der Waals surface area contributed by atoms with E-state index in [4.69, 9.17) is 23.7 Å². The molecule has 0 aliphatic carbocycles. The number of carbonyl (C=O) groups is 1. The fourth-order valence-corrected chi connectivity index (χ4v) is 3.33. The quantitative estimate of drug-likeness (QED) is 0.641. The molecule has 2 aromatic carbocycles. The largest absolute Gasteiger partial charge is 0.493 e. The van der Waals surface area contributed by atoms with Gasteiger partial charge >= 0.3 is 0 Å². The summed E-state index contributed by atoms with van der Waals surface area (Å²) in [6.45, 7) is 3.37. The highest BCUT2D eigenvalue weighted by molar-refractivity contribution is 5.76. The molecule has 1 aliphatic heterocycles. The van der Waals surface area contributed by atoms with Crippen LogP contribution in [-0.2, 0) is 17.8 Å². The van der Waals surface area contributed by atoms with Crippen LogP contribution in [0, 0.1) is 0 Å². The van der Waals surface area contributed by atoms with Crippen molar-refractivity contribution in [1.82, 2.24) is 4.90 Å². The van der Waals surface area contributed by atoms with Crippen molar-refractivity contribution in [1.29, 1.82) is 0 Å². The number of benzene rings is 2. The highest BCUT2D eigenvalue weighted by Gasteiger charge is 2.18. The number of rotatable bonds is 9. The van der Waals surface area contributed by atoms with Crippen LogP contribution < -0.4 is 23.7 Å². The van der Waals surface area contributed by atoms with Crippen LogP contribution in [0.2, 0.25) is 0 Å². The highest BCUT2D eigenvalue weighted by atomic mass is 16.7. The number of aryl methyl sites for hydroxylation is 1. The van der Waals surface area contributed by atoms with Crippen LogP contribution >= 0.6 is 0 Å². The summed E-state index contributed by atoms with van der Waals surface area (Å²) in [5, 5.41) is 0. The molecule has 0 saturated heterocycles. The smallest absolute Gasteiger partial charge is 0.231 e. The van der Waals surface area contributed by atoms with Crippen molar-refractivity contribution in [2.24, 2.45) is 0 Å². The van der Waals surface area contributed by atoms with Crippen molar-refractivity contribution in [3.63, 3.8) is 0 Å². The summed E-state index contributed by atoms with van der Waals surface area (Å²) in [5.74, 6) is 3.26. The van der Waals surface area contributed by atoms with Gasteiger partial charge in [0.15, 0.2) is 23.0 Å². The molecule has 7 nitrogen and oxygen atoms in total. The third-order valence-corrected chi connectivity index (χ3v) is 4.90. The molecule has 0 aromatic heterocycles. The van der Waals surface area contributed by atoms with Gasteiger partial charge in [0.2, 0.25) is 18.4 Å². The first-order valence-corrected chi connectivity index (χ1v) is 9.54. The molecule has 29 heavy (non-hydrogen) atoms. The second-order valence-corrected chi connectivity index (χ2v) is 6.63. The first-order valence-electron chi connectivity index (χ1n) is 9.54. The molecule has 0 radical (unpaired) electrons. The van der Waals surface area contributed by atoms with Crippen LogP contribution in [0.5, 0.6) is 28.7 Å². The Hall–Kier alpha value is -3.09. The van der Waals surface area contributed by atoms with Crippen molar-refractivity contribution >= 4 is 5.91 Å². The number of nitrogens with zero attached hydrogens (tertiary/aromatic N) is 1. The topological polar surface area (TPSA) is 66.5 Å². The van der Waals surface area contributed by atoms with Crippen molar-refractivity contribution < 1.29 is 28.5 Å². The fraction of sp³-hybridized carbons (Fsp3) is 0.409. The summed E-state index contributed by atoms with van der Waals surface area (Å²) in [4.78, 5) is 14.6. The van der Waals surface area contributed by atoms with Gasteiger partial charge in [-0.15, -0.1) is 0 Å². The zero-order chi connectivity index (χ0) is 20.8. The van der Waals surface area contributed by atoms with Crippen LogP contribution in [0.3, 0.4) is 0 Å². The molecule has 0 N–H and O–H groups in total. The highest BCUT2D eigenvalue weighted by Crippen LogP contribution is 2.38. The van der Waals surface area contributed by atoms with Crippen LogP contribution in [0.25, 0.3) is 0 Å². The third-order valence-electron chi connectivity index (χ3n) is 4.90. The van der Waals surface area contributed by atoms with Gasteiger partial charge in [0, 0.05) is 19.5 Å². The first kappa shape index (κ1) is 20.6. The summed E-state index contributed by atoms with van der Waals surface area (Å²) in [5.41, 5.74) is 1.96. The number of amides is 1. The van der Waals surface area contributed by atoms with Crippen molar-refractivity contribution in [3.8, 4) is 28.7 Å². The minimum atomic E-state index is 0.0823. The van der Waals surface area contributed by atoms with E-state index in [0.29, 0.717) is 43.2 Å². The van der Waals surface area contributed by atoms with Gasteiger partial charge in [0.25, 0.3) is 0 Å². The maximum Gasteiger partial charge on any atom is 0.231 e. The Kier molecular flexibility index (Phi) is 6.69. The van der Waals surface area contributed by atoms with Crippen LogP contribution in [0.4, 0.5) is 0 Å². The number of fused-ring (bicyclic) bond motifs is 1. The molecule has 0 saturated carbocycles. The molecule has 0 fully saturated rings. The number of carbonyl (C=O) groups excluding carboxylic acids is 1. The average molecular weight is 401 g/mol. The van der Waals surface area contributed by atoms with Gasteiger partial charge in [-0.3, -0.25) is 4.79 Å². The summed E-state index contributed by atoms with van der Waals surface area (Å²) in [7, 11) is 4.73. The van der Waals surface area contributed by atoms with Crippen LogP contribution in [0.1, 0.15) is 24.5 Å². The molecule has 1 aliphatic rings. The van der Waals surface area contributed by atoms with Crippen molar-refractivity contribution in [2.45, 2.75) is 26.3 Å². The molecule has 1 heterocycles. The molecule has 156 valence electrons. The summed E-state index contributed by atoms with van der Waals surface area (Å²) in [6, 6.07) is 9.53. The Morgan fingerprint density at radius 3 is 2.28 bits per heavy atom. The lowest BCUT2D eigenvalue weighted by Gasteiger charge is -2.21. The third kappa shape index (κ3) is 4.67. The van der Waals surface area contributed by atoms with Crippen LogP contribution in [-0.4, -0.2) is 45.5 Å². The molecule has 0 unspecified atom stereocenters. The van der Waals surface area contributed by atoms with E-state index in [1.54, 1.807) is 21.3 Å². The summed E-state index contributed by atoms with van der Waals surface area (Å²) >= 11 is 0. The van der Waals surface area contributed by atoms with E-state index >= 15 is 0 Å². The summed E-state index contributed by atoms with van der Waals surface area (Å²) < 4.78 is 26.9. The zero-order valence-electron chi connectivity index (χ0n) is 17.3. The second kappa shape index (κ2) is 9.41. The fourth-order valence-electron chi connectivity index (χ4n) is 3.33. The molecule has 3 rings (SSSR count). The normalized spacial score (nSPS) is 11.9. The molecule has 2 aromatic rings. The Balaban J connectivity index is 1.65. The number of hydrogen-bond acceptors (Lipinski definition) is 6. The Bertz CT molecular complexity index is 841. The van der Waals surface area contributed by atoms with Gasteiger partial charge < -0.3 is 28.6 Å². The lowest BCUT2D eigenvalue weighted by Crippen LogP contribution is -2.30. The van der Waals surface area contributed by atoms with E-state index in [-0.39, 0.29) is 12.7 Å². The molecule has 0 spiro atoms. The summed E-state index contributed by atoms with van der Waals surface area (Å²) in [6.07, 6.45) is 0.963. The maximum absolute atomic E-state index is 12.8. The van der Waals surface area contributed by atoms with Gasteiger partial charge in [-0.05, 0) is 48.7 Å². The lowest BCUT2D eigenvalue weighted by molar-refractivity contribution is -0.131. The molecule has 1 amide bonds. The minimum Gasteiger partial charge on any atom is -0.493 e. The number of ether oxygens (including phenoxy) is 5. The second-order valence-electron chi connectivity index (χ2n) is 6.63. The monoisotopic (exact) mass is 401 g/mol. The molecule has 7 heteroatoms. The zero-order valence-corrected chi connectivity index (χ0v) is 17.3. The van der Waals surface area contributed by atoms with Gasteiger partial charge in [-0.2, -0.15) is 0 Å². The van der Waals surface area contributed by atoms with E-state index < -0.39 is 0 Å². The van der Waals surface area contributed by atoms with E-state index in [0.717, 1.165) is 22.6 Å². The molecular formula is C22H27NO6. The van der Waals surface area contributed by atoms with Crippen LogP contribution in [0.15, 0.2) is 30.3 Å². The first-order chi connectivity index (χ1) is 14.1. The SMILES string of the molecule is CCN(Cc1ccc2c(c1)OCO2)C(=O)CCc1cc(OC)c(OC)c(OC)c1. The van der Waals surface area contributed by atoms with E-state index in [1.807, 2.05) is 42.2 Å².